The monoisotopic (exact) mass is 242 g/mol. The number of nitrogens with one attached hydrogen (secondary N) is 1. The summed E-state index contributed by atoms with van der Waals surface area (Å²) in [5.41, 5.74) is 1.19. The number of benzene rings is 2. The smallest absolute Gasteiger partial charge is 0.236 e. The fourth-order valence-corrected chi connectivity index (χ4v) is 1.82. The molecule has 1 N–H and O–H groups in total. The van der Waals surface area contributed by atoms with Gasteiger partial charge in [0.15, 0.2) is 0 Å². The van der Waals surface area contributed by atoms with E-state index in [4.69, 9.17) is 0 Å². The first-order chi connectivity index (χ1) is 8.66. The number of carbonyl (C=O) groups excluding carboxylic acids is 1. The summed E-state index contributed by atoms with van der Waals surface area (Å²) in [5, 5.41) is 5.63. The number of rotatable bonds is 4. The molecule has 2 aromatic rings. The van der Waals surface area contributed by atoms with E-state index in [0.717, 1.165) is 0 Å². The average Bonchev–Trinajstić information content (AvgIpc) is 2.38. The first kappa shape index (κ1) is 12.6. The van der Waals surface area contributed by atoms with Gasteiger partial charge in [-0.25, -0.2) is 0 Å². The molecule has 3 nitrogen and oxygen atoms in total. The molecule has 0 heterocycles. The van der Waals surface area contributed by atoms with Crippen LogP contribution < -0.4 is 5.32 Å². The predicted octanol–water partition coefficient (Wildman–Crippen LogP) is 2.02. The van der Waals surface area contributed by atoms with Gasteiger partial charge in [-0.3, -0.25) is 4.79 Å². The summed E-state index contributed by atoms with van der Waals surface area (Å²) in [6.45, 7) is 1.09. The highest BCUT2D eigenvalue weighted by Gasteiger charge is 2.02. The van der Waals surface area contributed by atoms with E-state index in [1.54, 1.807) is 19.0 Å². The van der Waals surface area contributed by atoms with E-state index >= 15 is 0 Å². The Kier molecular flexibility index (Phi) is 3.95. The van der Waals surface area contributed by atoms with Crippen molar-refractivity contribution in [2.75, 3.05) is 20.6 Å². The molecule has 0 aliphatic rings. The summed E-state index contributed by atoms with van der Waals surface area (Å²) >= 11 is 0. The molecular weight excluding hydrogens is 224 g/mol. The number of likely N-dealkylation sites (N-methyl/N-ethyl adjacent to an activating group) is 1. The fraction of sp³-hybridized carbons (Fsp3) is 0.267. The molecule has 0 bridgehead atoms. The maximum absolute atomic E-state index is 11.4. The zero-order valence-electron chi connectivity index (χ0n) is 10.8. The third-order valence-corrected chi connectivity index (χ3v) is 2.92. The van der Waals surface area contributed by atoms with Gasteiger partial charge in [0.05, 0.1) is 6.54 Å². The van der Waals surface area contributed by atoms with Gasteiger partial charge in [0.2, 0.25) is 5.91 Å². The van der Waals surface area contributed by atoms with Gasteiger partial charge in [-0.05, 0) is 22.4 Å². The van der Waals surface area contributed by atoms with Crippen LogP contribution in [-0.4, -0.2) is 31.4 Å². The number of amides is 1. The lowest BCUT2D eigenvalue weighted by Crippen LogP contribution is -2.32. The first-order valence-corrected chi connectivity index (χ1v) is 6.05. The van der Waals surface area contributed by atoms with E-state index in [1.165, 1.54) is 16.3 Å². The lowest BCUT2D eigenvalue weighted by molar-refractivity contribution is -0.127. The Labute approximate surface area is 107 Å². The van der Waals surface area contributed by atoms with Gasteiger partial charge < -0.3 is 10.2 Å². The third-order valence-electron chi connectivity index (χ3n) is 2.92. The normalized spacial score (nSPS) is 10.6. The first-order valence-electron chi connectivity index (χ1n) is 6.05. The highest BCUT2D eigenvalue weighted by atomic mass is 16.2. The van der Waals surface area contributed by atoms with Gasteiger partial charge >= 0.3 is 0 Å². The maximum atomic E-state index is 11.4. The highest BCUT2D eigenvalue weighted by Crippen LogP contribution is 2.15. The Morgan fingerprint density at radius 1 is 1.11 bits per heavy atom. The topological polar surface area (TPSA) is 32.3 Å². The lowest BCUT2D eigenvalue weighted by atomic mass is 10.1. The van der Waals surface area contributed by atoms with Crippen molar-refractivity contribution in [2.24, 2.45) is 0 Å². The van der Waals surface area contributed by atoms with Crippen LogP contribution in [0.15, 0.2) is 42.5 Å². The number of carbonyl (C=O) groups is 1. The second kappa shape index (κ2) is 5.65. The Balaban J connectivity index is 1.98. The standard InChI is InChI=1S/C15H18N2O/c1-17(2)15(18)11-16-10-12-7-8-13-5-3-4-6-14(13)9-12/h3-9,16H,10-11H2,1-2H3. The van der Waals surface area contributed by atoms with Crippen molar-refractivity contribution >= 4 is 16.7 Å². The molecule has 0 fully saturated rings. The summed E-state index contributed by atoms with van der Waals surface area (Å²) in [6.07, 6.45) is 0. The highest BCUT2D eigenvalue weighted by molar-refractivity contribution is 5.83. The van der Waals surface area contributed by atoms with Crippen molar-refractivity contribution in [2.45, 2.75) is 6.54 Å². The molecule has 0 radical (unpaired) electrons. The molecule has 94 valence electrons. The Bertz CT molecular complexity index is 549. The minimum absolute atomic E-state index is 0.0933. The van der Waals surface area contributed by atoms with Crippen LogP contribution in [0.1, 0.15) is 5.56 Å². The molecule has 0 atom stereocenters. The molecule has 0 aliphatic carbocycles. The largest absolute Gasteiger partial charge is 0.348 e. The number of hydrogen-bond donors (Lipinski definition) is 1. The molecule has 2 rings (SSSR count). The maximum Gasteiger partial charge on any atom is 0.236 e. The molecule has 0 aliphatic heterocycles. The summed E-state index contributed by atoms with van der Waals surface area (Å²) in [4.78, 5) is 13.0. The van der Waals surface area contributed by atoms with Crippen LogP contribution in [0.4, 0.5) is 0 Å². The summed E-state index contributed by atoms with van der Waals surface area (Å²) in [5.74, 6) is 0.0933. The lowest BCUT2D eigenvalue weighted by Gasteiger charge is -2.11. The van der Waals surface area contributed by atoms with E-state index in [1.807, 2.05) is 12.1 Å². The summed E-state index contributed by atoms with van der Waals surface area (Å²) < 4.78 is 0. The van der Waals surface area contributed by atoms with Gasteiger partial charge in [-0.1, -0.05) is 36.4 Å². The zero-order valence-corrected chi connectivity index (χ0v) is 10.8. The minimum atomic E-state index is 0.0933. The Morgan fingerprint density at radius 3 is 2.56 bits per heavy atom. The van der Waals surface area contributed by atoms with Crippen LogP contribution in [0.25, 0.3) is 10.8 Å². The fourth-order valence-electron chi connectivity index (χ4n) is 1.82. The van der Waals surface area contributed by atoms with Crippen molar-refractivity contribution in [1.29, 1.82) is 0 Å². The van der Waals surface area contributed by atoms with Gasteiger partial charge in [0, 0.05) is 20.6 Å². The minimum Gasteiger partial charge on any atom is -0.348 e. The molecular formula is C15H18N2O. The molecule has 0 saturated carbocycles. The van der Waals surface area contributed by atoms with Crippen molar-refractivity contribution in [1.82, 2.24) is 10.2 Å². The van der Waals surface area contributed by atoms with Crippen molar-refractivity contribution < 1.29 is 4.79 Å². The van der Waals surface area contributed by atoms with Crippen LogP contribution >= 0.6 is 0 Å². The number of fused-ring (bicyclic) bond motifs is 1. The average molecular weight is 242 g/mol. The van der Waals surface area contributed by atoms with Crippen LogP contribution in [0, 0.1) is 0 Å². The number of nitrogens with zero attached hydrogens (tertiary/aromatic N) is 1. The predicted molar refractivity (Wildman–Crippen MR) is 74.3 cm³/mol. The quantitative estimate of drug-likeness (QED) is 0.889. The molecule has 3 heteroatoms. The molecule has 2 aromatic carbocycles. The van der Waals surface area contributed by atoms with Crippen molar-refractivity contribution in [3.8, 4) is 0 Å². The van der Waals surface area contributed by atoms with Gasteiger partial charge in [-0.2, -0.15) is 0 Å². The van der Waals surface area contributed by atoms with E-state index in [-0.39, 0.29) is 5.91 Å². The summed E-state index contributed by atoms with van der Waals surface area (Å²) in [7, 11) is 3.53. The third kappa shape index (κ3) is 3.08. The molecule has 0 aromatic heterocycles. The van der Waals surface area contributed by atoms with Gasteiger partial charge in [0.25, 0.3) is 0 Å². The second-order valence-corrected chi connectivity index (χ2v) is 4.57. The zero-order chi connectivity index (χ0) is 13.0. The second-order valence-electron chi connectivity index (χ2n) is 4.57. The van der Waals surface area contributed by atoms with E-state index in [0.29, 0.717) is 13.1 Å². The van der Waals surface area contributed by atoms with Crippen LogP contribution in [0.2, 0.25) is 0 Å². The van der Waals surface area contributed by atoms with E-state index in [9.17, 15) is 4.79 Å². The molecule has 0 unspecified atom stereocenters. The Morgan fingerprint density at radius 2 is 1.83 bits per heavy atom. The van der Waals surface area contributed by atoms with Crippen molar-refractivity contribution in [3.05, 3.63) is 48.0 Å². The van der Waals surface area contributed by atoms with Crippen LogP contribution in [0.3, 0.4) is 0 Å². The van der Waals surface area contributed by atoms with Gasteiger partial charge in [0.1, 0.15) is 0 Å². The number of hydrogen-bond acceptors (Lipinski definition) is 2. The SMILES string of the molecule is CN(C)C(=O)CNCc1ccc2ccccc2c1. The summed E-state index contributed by atoms with van der Waals surface area (Å²) in [6, 6.07) is 14.6. The molecule has 0 saturated heterocycles. The van der Waals surface area contributed by atoms with E-state index < -0.39 is 0 Å². The van der Waals surface area contributed by atoms with Crippen LogP contribution in [0.5, 0.6) is 0 Å². The van der Waals surface area contributed by atoms with Crippen molar-refractivity contribution in [3.63, 3.8) is 0 Å². The molecule has 1 amide bonds. The molecule has 18 heavy (non-hydrogen) atoms. The van der Waals surface area contributed by atoms with E-state index in [2.05, 4.69) is 35.6 Å². The molecule has 0 spiro atoms. The van der Waals surface area contributed by atoms with Crippen LogP contribution in [-0.2, 0) is 11.3 Å². The Hall–Kier alpha value is -1.87. The van der Waals surface area contributed by atoms with Gasteiger partial charge in [-0.15, -0.1) is 0 Å².